The molecule has 17 heavy (non-hydrogen) atoms. The van der Waals surface area contributed by atoms with Crippen molar-refractivity contribution < 1.29 is 0 Å². The Labute approximate surface area is 110 Å². The number of nitrogens with one attached hydrogen (secondary N) is 1. The Morgan fingerprint density at radius 2 is 2.06 bits per heavy atom. The van der Waals surface area contributed by atoms with Gasteiger partial charge < -0.3 is 5.32 Å². The van der Waals surface area contributed by atoms with Crippen LogP contribution in [-0.4, -0.2) is 6.54 Å². The lowest BCUT2D eigenvalue weighted by Crippen LogP contribution is -2.42. The summed E-state index contributed by atoms with van der Waals surface area (Å²) in [4.78, 5) is 0. The molecule has 1 unspecified atom stereocenters. The summed E-state index contributed by atoms with van der Waals surface area (Å²) in [5, 5.41) is 4.68. The van der Waals surface area contributed by atoms with Crippen molar-refractivity contribution >= 4 is 11.6 Å². The van der Waals surface area contributed by atoms with E-state index in [0.29, 0.717) is 0 Å². The highest BCUT2D eigenvalue weighted by Gasteiger charge is 2.32. The van der Waals surface area contributed by atoms with Crippen LogP contribution in [-0.2, 0) is 5.54 Å². The number of rotatable bonds is 3. The first-order chi connectivity index (χ1) is 8.28. The predicted molar refractivity (Wildman–Crippen MR) is 74.5 cm³/mol. The number of hydrogen-bond donors (Lipinski definition) is 1. The summed E-state index contributed by atoms with van der Waals surface area (Å²) in [5.41, 5.74) is 1.41. The Kier molecular flexibility index (Phi) is 4.47. The van der Waals surface area contributed by atoms with Crippen LogP contribution >= 0.6 is 11.6 Å². The summed E-state index contributed by atoms with van der Waals surface area (Å²) in [6.07, 6.45) is 7.51. The lowest BCUT2D eigenvalue weighted by molar-refractivity contribution is 0.297. The summed E-state index contributed by atoms with van der Waals surface area (Å²) in [7, 11) is 0. The summed E-state index contributed by atoms with van der Waals surface area (Å²) in [6.45, 7) is 3.37. The molecule has 0 saturated carbocycles. The van der Waals surface area contributed by atoms with E-state index in [1.165, 1.54) is 44.1 Å². The third kappa shape index (κ3) is 2.83. The Morgan fingerprint density at radius 3 is 2.82 bits per heavy atom. The van der Waals surface area contributed by atoms with Gasteiger partial charge in [0.15, 0.2) is 0 Å². The van der Waals surface area contributed by atoms with Crippen molar-refractivity contribution in [1.29, 1.82) is 0 Å². The summed E-state index contributed by atoms with van der Waals surface area (Å²) in [5.74, 6) is 0. The van der Waals surface area contributed by atoms with E-state index in [4.69, 9.17) is 11.6 Å². The standard InChI is InChI=1S/C15H22ClN/c1-2-10-15(11-6-3-7-12-17-15)13-8-4-5-9-14(13)16/h4-5,8-9,17H,2-3,6-7,10-12H2,1H3. The lowest BCUT2D eigenvalue weighted by Gasteiger charge is -2.35. The highest BCUT2D eigenvalue weighted by molar-refractivity contribution is 6.31. The Balaban J connectivity index is 2.35. The van der Waals surface area contributed by atoms with Crippen LogP contribution in [0.2, 0.25) is 5.02 Å². The fraction of sp³-hybridized carbons (Fsp3) is 0.600. The van der Waals surface area contributed by atoms with Gasteiger partial charge in [-0.15, -0.1) is 0 Å². The van der Waals surface area contributed by atoms with E-state index < -0.39 is 0 Å². The maximum Gasteiger partial charge on any atom is 0.0456 e. The maximum absolute atomic E-state index is 6.40. The van der Waals surface area contributed by atoms with Crippen molar-refractivity contribution in [2.24, 2.45) is 0 Å². The van der Waals surface area contributed by atoms with Gasteiger partial charge in [-0.25, -0.2) is 0 Å². The third-order valence-electron chi connectivity index (χ3n) is 3.81. The van der Waals surface area contributed by atoms with Crippen LogP contribution in [0, 0.1) is 0 Å². The predicted octanol–water partition coefficient (Wildman–Crippen LogP) is 4.50. The second-order valence-corrected chi connectivity index (χ2v) is 5.46. The molecule has 1 aliphatic rings. The van der Waals surface area contributed by atoms with E-state index in [-0.39, 0.29) is 5.54 Å². The quantitative estimate of drug-likeness (QED) is 0.834. The number of benzene rings is 1. The molecule has 1 heterocycles. The SMILES string of the molecule is CCCC1(c2ccccc2Cl)CCCCCN1. The average molecular weight is 252 g/mol. The molecule has 1 saturated heterocycles. The molecule has 1 nitrogen and oxygen atoms in total. The lowest BCUT2D eigenvalue weighted by atomic mass is 9.82. The highest BCUT2D eigenvalue weighted by Crippen LogP contribution is 2.37. The van der Waals surface area contributed by atoms with Crippen LogP contribution in [0.4, 0.5) is 0 Å². The normalized spacial score (nSPS) is 25.5. The summed E-state index contributed by atoms with van der Waals surface area (Å²) < 4.78 is 0. The number of hydrogen-bond acceptors (Lipinski definition) is 1. The molecule has 0 amide bonds. The number of halogens is 1. The molecule has 1 N–H and O–H groups in total. The van der Waals surface area contributed by atoms with Gasteiger partial charge in [0, 0.05) is 10.6 Å². The van der Waals surface area contributed by atoms with Crippen LogP contribution in [0.25, 0.3) is 0 Å². The zero-order chi connectivity index (χ0) is 12.1. The smallest absolute Gasteiger partial charge is 0.0456 e. The molecule has 2 heteroatoms. The molecule has 1 atom stereocenters. The molecular formula is C15H22ClN. The van der Waals surface area contributed by atoms with Crippen LogP contribution < -0.4 is 5.32 Å². The van der Waals surface area contributed by atoms with E-state index in [1.807, 2.05) is 12.1 Å². The van der Waals surface area contributed by atoms with E-state index in [0.717, 1.165) is 11.6 Å². The molecule has 1 aromatic rings. The second kappa shape index (κ2) is 5.88. The highest BCUT2D eigenvalue weighted by atomic mass is 35.5. The van der Waals surface area contributed by atoms with Gasteiger partial charge in [0.05, 0.1) is 0 Å². The van der Waals surface area contributed by atoms with Gasteiger partial charge in [0.2, 0.25) is 0 Å². The van der Waals surface area contributed by atoms with E-state index in [2.05, 4.69) is 24.4 Å². The van der Waals surface area contributed by atoms with Gasteiger partial charge in [-0.1, -0.05) is 56.0 Å². The maximum atomic E-state index is 6.40. The van der Waals surface area contributed by atoms with Crippen molar-refractivity contribution in [2.45, 2.75) is 51.0 Å². The summed E-state index contributed by atoms with van der Waals surface area (Å²) >= 11 is 6.40. The van der Waals surface area contributed by atoms with E-state index >= 15 is 0 Å². The molecule has 0 radical (unpaired) electrons. The minimum Gasteiger partial charge on any atom is -0.307 e. The fourth-order valence-electron chi connectivity index (χ4n) is 3.00. The third-order valence-corrected chi connectivity index (χ3v) is 4.14. The molecule has 1 aliphatic heterocycles. The molecule has 0 aromatic heterocycles. The topological polar surface area (TPSA) is 12.0 Å². The van der Waals surface area contributed by atoms with E-state index in [1.54, 1.807) is 0 Å². The van der Waals surface area contributed by atoms with Gasteiger partial charge in [0.25, 0.3) is 0 Å². The minimum absolute atomic E-state index is 0.115. The van der Waals surface area contributed by atoms with Gasteiger partial charge in [0.1, 0.15) is 0 Å². The van der Waals surface area contributed by atoms with Gasteiger partial charge >= 0.3 is 0 Å². The Bertz CT molecular complexity index is 354. The molecular weight excluding hydrogens is 230 g/mol. The monoisotopic (exact) mass is 251 g/mol. The first-order valence-corrected chi connectivity index (χ1v) is 7.16. The van der Waals surface area contributed by atoms with Gasteiger partial charge in [-0.3, -0.25) is 0 Å². The molecule has 0 spiro atoms. The first kappa shape index (κ1) is 12.9. The zero-order valence-corrected chi connectivity index (χ0v) is 11.4. The second-order valence-electron chi connectivity index (χ2n) is 5.05. The molecule has 1 fully saturated rings. The van der Waals surface area contributed by atoms with Crippen LogP contribution in [0.5, 0.6) is 0 Å². The summed E-state index contributed by atoms with van der Waals surface area (Å²) in [6, 6.07) is 8.32. The largest absolute Gasteiger partial charge is 0.307 e. The van der Waals surface area contributed by atoms with E-state index in [9.17, 15) is 0 Å². The van der Waals surface area contributed by atoms with Crippen molar-refractivity contribution in [3.05, 3.63) is 34.9 Å². The zero-order valence-electron chi connectivity index (χ0n) is 10.6. The molecule has 1 aromatic carbocycles. The molecule has 0 aliphatic carbocycles. The first-order valence-electron chi connectivity index (χ1n) is 6.78. The van der Waals surface area contributed by atoms with Crippen LogP contribution in [0.15, 0.2) is 24.3 Å². The Hall–Kier alpha value is -0.530. The molecule has 94 valence electrons. The van der Waals surface area contributed by atoms with Crippen LogP contribution in [0.3, 0.4) is 0 Å². The van der Waals surface area contributed by atoms with Crippen LogP contribution in [0.1, 0.15) is 51.0 Å². The van der Waals surface area contributed by atoms with Crippen molar-refractivity contribution in [3.63, 3.8) is 0 Å². The molecule has 2 rings (SSSR count). The average Bonchev–Trinajstić information content (AvgIpc) is 2.57. The fourth-order valence-corrected chi connectivity index (χ4v) is 3.32. The minimum atomic E-state index is 0.115. The van der Waals surface area contributed by atoms with Gasteiger partial charge in [-0.2, -0.15) is 0 Å². The van der Waals surface area contributed by atoms with Gasteiger partial charge in [-0.05, 0) is 37.4 Å². The Morgan fingerprint density at radius 1 is 1.24 bits per heavy atom. The molecule has 0 bridgehead atoms. The van der Waals surface area contributed by atoms with Crippen molar-refractivity contribution in [1.82, 2.24) is 5.32 Å². The van der Waals surface area contributed by atoms with Crippen molar-refractivity contribution in [3.8, 4) is 0 Å². The van der Waals surface area contributed by atoms with Crippen molar-refractivity contribution in [2.75, 3.05) is 6.54 Å².